The molecule has 2 rings (SSSR count). The second kappa shape index (κ2) is 5.82. The lowest BCUT2D eigenvalue weighted by Crippen LogP contribution is -2.14. The van der Waals surface area contributed by atoms with E-state index >= 15 is 0 Å². The summed E-state index contributed by atoms with van der Waals surface area (Å²) in [5.74, 6) is -4.02. The first-order valence-electron chi connectivity index (χ1n) is 6.02. The quantitative estimate of drug-likeness (QED) is 0.943. The Labute approximate surface area is 118 Å². The zero-order valence-corrected chi connectivity index (χ0v) is 11.0. The van der Waals surface area contributed by atoms with Crippen LogP contribution >= 0.6 is 0 Å². The summed E-state index contributed by atoms with van der Waals surface area (Å²) in [6, 6.07) is 3.74. The molecule has 1 heterocycles. The van der Waals surface area contributed by atoms with Crippen molar-refractivity contribution in [3.8, 4) is 17.0 Å². The Hall–Kier alpha value is -2.57. The van der Waals surface area contributed by atoms with E-state index in [0.717, 1.165) is 24.3 Å². The number of nitrogens with zero attached hydrogens (tertiary/aromatic N) is 1. The number of benzene rings is 1. The van der Waals surface area contributed by atoms with Gasteiger partial charge in [0.2, 0.25) is 0 Å². The fourth-order valence-electron chi connectivity index (χ4n) is 1.78. The van der Waals surface area contributed by atoms with Crippen LogP contribution in [-0.4, -0.2) is 17.5 Å². The molecule has 0 unspecified atom stereocenters. The molecule has 2 aromatic rings. The number of halogens is 3. The molecule has 0 spiro atoms. The van der Waals surface area contributed by atoms with Crippen molar-refractivity contribution in [2.24, 2.45) is 5.73 Å². The van der Waals surface area contributed by atoms with Crippen molar-refractivity contribution in [1.82, 2.24) is 4.98 Å². The second-order valence-corrected chi connectivity index (χ2v) is 4.09. The van der Waals surface area contributed by atoms with Gasteiger partial charge in [-0.2, -0.15) is 0 Å². The van der Waals surface area contributed by atoms with Gasteiger partial charge in [0.05, 0.1) is 12.2 Å². The van der Waals surface area contributed by atoms with Gasteiger partial charge in [0.15, 0.2) is 0 Å². The minimum absolute atomic E-state index is 0.0253. The molecule has 0 aliphatic heterocycles. The average molecular weight is 296 g/mol. The number of nitrogens with two attached hydrogens (primary N) is 1. The Morgan fingerprint density at radius 1 is 1.19 bits per heavy atom. The van der Waals surface area contributed by atoms with Crippen molar-refractivity contribution in [3.63, 3.8) is 0 Å². The Morgan fingerprint density at radius 3 is 2.33 bits per heavy atom. The van der Waals surface area contributed by atoms with E-state index < -0.39 is 34.6 Å². The van der Waals surface area contributed by atoms with Crippen molar-refractivity contribution in [1.29, 1.82) is 0 Å². The van der Waals surface area contributed by atoms with E-state index in [1.54, 1.807) is 6.92 Å². The van der Waals surface area contributed by atoms with Gasteiger partial charge in [-0.3, -0.25) is 4.79 Å². The molecule has 7 heteroatoms. The Balaban J connectivity index is 2.61. The Morgan fingerprint density at radius 2 is 1.81 bits per heavy atom. The van der Waals surface area contributed by atoms with Crippen LogP contribution < -0.4 is 10.5 Å². The number of carbonyl (C=O) groups excluding carboxylic acids is 1. The number of primary amides is 1. The molecule has 0 aliphatic carbocycles. The highest BCUT2D eigenvalue weighted by Crippen LogP contribution is 2.30. The van der Waals surface area contributed by atoms with E-state index in [-0.39, 0.29) is 18.1 Å². The first-order valence-corrected chi connectivity index (χ1v) is 6.02. The molecular formula is C14H11F3N2O2. The van der Waals surface area contributed by atoms with Crippen molar-refractivity contribution in [3.05, 3.63) is 47.4 Å². The third kappa shape index (κ3) is 2.96. The summed E-state index contributed by atoms with van der Waals surface area (Å²) < 4.78 is 46.7. The maximum Gasteiger partial charge on any atom is 0.267 e. The SMILES string of the molecule is CCOc1cc(F)c(-c2nc(C(N)=O)ccc2F)c(F)c1. The summed E-state index contributed by atoms with van der Waals surface area (Å²) in [7, 11) is 0. The third-order valence-corrected chi connectivity index (χ3v) is 2.66. The van der Waals surface area contributed by atoms with E-state index in [4.69, 9.17) is 10.5 Å². The molecule has 0 atom stereocenters. The summed E-state index contributed by atoms with van der Waals surface area (Å²) >= 11 is 0. The molecule has 1 aromatic carbocycles. The highest BCUT2D eigenvalue weighted by Gasteiger charge is 2.20. The first-order chi connectivity index (χ1) is 9.93. The van der Waals surface area contributed by atoms with Crippen LogP contribution in [0.15, 0.2) is 24.3 Å². The molecule has 2 N–H and O–H groups in total. The normalized spacial score (nSPS) is 10.5. The van der Waals surface area contributed by atoms with Crippen LogP contribution in [0.4, 0.5) is 13.2 Å². The van der Waals surface area contributed by atoms with Gasteiger partial charge in [-0.15, -0.1) is 0 Å². The van der Waals surface area contributed by atoms with E-state index in [0.29, 0.717) is 0 Å². The third-order valence-electron chi connectivity index (χ3n) is 2.66. The molecule has 1 amide bonds. The lowest BCUT2D eigenvalue weighted by atomic mass is 10.1. The van der Waals surface area contributed by atoms with Crippen LogP contribution in [0, 0.1) is 17.5 Å². The first kappa shape index (κ1) is 14.8. The minimum atomic E-state index is -1.05. The van der Waals surface area contributed by atoms with E-state index in [1.165, 1.54) is 0 Å². The number of aromatic nitrogens is 1. The van der Waals surface area contributed by atoms with Gasteiger partial charge >= 0.3 is 0 Å². The molecule has 0 bridgehead atoms. The number of hydrogen-bond donors (Lipinski definition) is 1. The van der Waals surface area contributed by atoms with Crippen molar-refractivity contribution in [2.45, 2.75) is 6.92 Å². The predicted molar refractivity (Wildman–Crippen MR) is 69.2 cm³/mol. The maximum atomic E-state index is 14.0. The molecule has 110 valence electrons. The number of rotatable bonds is 4. The molecule has 1 aromatic heterocycles. The molecule has 0 radical (unpaired) electrons. The summed E-state index contributed by atoms with van der Waals surface area (Å²) in [5, 5.41) is 0. The lowest BCUT2D eigenvalue weighted by Gasteiger charge is -2.09. The summed E-state index contributed by atoms with van der Waals surface area (Å²) in [6.45, 7) is 1.88. The average Bonchev–Trinajstić information content (AvgIpc) is 2.40. The van der Waals surface area contributed by atoms with E-state index in [1.807, 2.05) is 0 Å². The monoisotopic (exact) mass is 296 g/mol. The highest BCUT2D eigenvalue weighted by atomic mass is 19.1. The molecular weight excluding hydrogens is 285 g/mol. The second-order valence-electron chi connectivity index (χ2n) is 4.09. The zero-order valence-electron chi connectivity index (χ0n) is 11.0. The van der Waals surface area contributed by atoms with Crippen molar-refractivity contribution >= 4 is 5.91 Å². The van der Waals surface area contributed by atoms with Gasteiger partial charge in [-0.1, -0.05) is 0 Å². The topological polar surface area (TPSA) is 65.2 Å². The fourth-order valence-corrected chi connectivity index (χ4v) is 1.78. The van der Waals surface area contributed by atoms with Gasteiger partial charge in [0, 0.05) is 12.1 Å². The van der Waals surface area contributed by atoms with Crippen molar-refractivity contribution < 1.29 is 22.7 Å². The number of hydrogen-bond acceptors (Lipinski definition) is 3. The summed E-state index contributed by atoms with van der Waals surface area (Å²) in [4.78, 5) is 14.6. The lowest BCUT2D eigenvalue weighted by molar-refractivity contribution is 0.0995. The smallest absolute Gasteiger partial charge is 0.267 e. The molecule has 21 heavy (non-hydrogen) atoms. The van der Waals surface area contributed by atoms with Crippen molar-refractivity contribution in [2.75, 3.05) is 6.61 Å². The Bertz CT molecular complexity index is 682. The van der Waals surface area contributed by atoms with E-state index in [2.05, 4.69) is 4.98 Å². The standard InChI is InChI=1S/C14H11F3N2O2/c1-2-21-7-5-9(16)12(10(17)6-7)13-8(15)3-4-11(19-13)14(18)20/h3-6H,2H2,1H3,(H2,18,20). The van der Waals surface area contributed by atoms with Gasteiger partial charge in [-0.25, -0.2) is 18.2 Å². The van der Waals surface area contributed by atoms with E-state index in [9.17, 15) is 18.0 Å². The van der Waals surface area contributed by atoms with Crippen LogP contribution in [0.1, 0.15) is 17.4 Å². The highest BCUT2D eigenvalue weighted by molar-refractivity contribution is 5.91. The summed E-state index contributed by atoms with van der Waals surface area (Å²) in [6.07, 6.45) is 0. The molecule has 4 nitrogen and oxygen atoms in total. The molecule has 0 saturated heterocycles. The van der Waals surface area contributed by atoms with Crippen LogP contribution in [0.5, 0.6) is 5.75 Å². The fraction of sp³-hybridized carbons (Fsp3) is 0.143. The Kier molecular flexibility index (Phi) is 4.11. The van der Waals surface area contributed by atoms with Crippen LogP contribution in [0.25, 0.3) is 11.3 Å². The largest absolute Gasteiger partial charge is 0.494 e. The van der Waals surface area contributed by atoms with Gasteiger partial charge in [0.25, 0.3) is 5.91 Å². The van der Waals surface area contributed by atoms with Crippen LogP contribution in [0.3, 0.4) is 0 Å². The van der Waals surface area contributed by atoms with Gasteiger partial charge < -0.3 is 10.5 Å². The van der Waals surface area contributed by atoms with Gasteiger partial charge in [-0.05, 0) is 19.1 Å². The zero-order chi connectivity index (χ0) is 15.6. The van der Waals surface area contributed by atoms with Crippen LogP contribution in [-0.2, 0) is 0 Å². The number of pyridine rings is 1. The summed E-state index contributed by atoms with van der Waals surface area (Å²) in [5.41, 5.74) is 3.42. The number of amides is 1. The number of carbonyl (C=O) groups is 1. The maximum absolute atomic E-state index is 14.0. The van der Waals surface area contributed by atoms with Gasteiger partial charge in [0.1, 0.15) is 34.6 Å². The number of ether oxygens (including phenoxy) is 1. The molecule has 0 fully saturated rings. The predicted octanol–water partition coefficient (Wildman–Crippen LogP) is 2.66. The molecule has 0 aliphatic rings. The minimum Gasteiger partial charge on any atom is -0.494 e. The molecule has 0 saturated carbocycles. The van der Waals surface area contributed by atoms with Crippen LogP contribution in [0.2, 0.25) is 0 Å².